The van der Waals surface area contributed by atoms with E-state index in [1.807, 2.05) is 18.2 Å². The number of β-amino-alcohol motifs (C(OH)–C–C–N with tert-alkyl or cyclic N) is 1. The van der Waals surface area contributed by atoms with Gasteiger partial charge in [-0.3, -0.25) is 9.69 Å². The molecule has 0 amide bonds. The van der Waals surface area contributed by atoms with E-state index in [2.05, 4.69) is 22.8 Å². The van der Waals surface area contributed by atoms with Crippen LogP contribution in [0.1, 0.15) is 39.0 Å². The van der Waals surface area contributed by atoms with E-state index in [1.54, 1.807) is 18.7 Å². The van der Waals surface area contributed by atoms with Gasteiger partial charge in [0.15, 0.2) is 0 Å². The number of ketones is 1. The minimum atomic E-state index is -0.492. The van der Waals surface area contributed by atoms with Crippen LogP contribution in [0.2, 0.25) is 0 Å². The molecule has 1 saturated carbocycles. The average molecular weight is 466 g/mol. The summed E-state index contributed by atoms with van der Waals surface area (Å²) in [6, 6.07) is 10.2. The van der Waals surface area contributed by atoms with Crippen molar-refractivity contribution in [3.63, 3.8) is 0 Å². The molecule has 1 heterocycles. The number of fused-ring (bicyclic) bond motifs is 1. The number of aliphatic hydroxyl groups is 1. The third kappa shape index (κ3) is 6.62. The van der Waals surface area contributed by atoms with Gasteiger partial charge in [-0.2, -0.15) is 0 Å². The van der Waals surface area contributed by atoms with Crippen LogP contribution in [0.3, 0.4) is 0 Å². The molecule has 1 aliphatic carbocycles. The Morgan fingerprint density at radius 3 is 2.59 bits per heavy atom. The zero-order valence-electron chi connectivity index (χ0n) is 16.4. The summed E-state index contributed by atoms with van der Waals surface area (Å²) in [5.74, 6) is 2.44. The van der Waals surface area contributed by atoms with E-state index >= 15 is 0 Å². The van der Waals surface area contributed by atoms with Gasteiger partial charge in [-0.05, 0) is 43.7 Å². The molecule has 3 rings (SSSR count). The van der Waals surface area contributed by atoms with Crippen molar-refractivity contribution in [2.45, 2.75) is 62.1 Å². The monoisotopic (exact) mass is 466 g/mol. The molecule has 6 heteroatoms. The van der Waals surface area contributed by atoms with E-state index in [0.717, 1.165) is 18.7 Å². The number of carbonyl (C=O) groups excluding carboxylic acids is 1. The van der Waals surface area contributed by atoms with Crippen LogP contribution in [0, 0.1) is 11.8 Å². The van der Waals surface area contributed by atoms with Crippen LogP contribution >= 0.6 is 11.8 Å². The number of likely N-dealkylation sites (tertiary alicyclic amines) is 1. The molecule has 0 aromatic heterocycles. The molecule has 27 heavy (non-hydrogen) atoms. The van der Waals surface area contributed by atoms with Crippen LogP contribution in [0.5, 0.6) is 0 Å². The molecule has 4 N–H and O–H groups in total. The van der Waals surface area contributed by atoms with Crippen molar-refractivity contribution in [1.29, 1.82) is 0 Å². The fourth-order valence-corrected chi connectivity index (χ4v) is 5.52. The molecule has 2 fully saturated rings. The minimum Gasteiger partial charge on any atom is -0.386 e. The number of benzene rings is 1. The number of hydrogen-bond acceptors (Lipinski definition) is 4. The number of nitrogens with zero attached hydrogens (tertiary/aromatic N) is 1. The Morgan fingerprint density at radius 2 is 1.93 bits per heavy atom. The summed E-state index contributed by atoms with van der Waals surface area (Å²) in [4.78, 5) is 15.7. The van der Waals surface area contributed by atoms with Gasteiger partial charge in [0, 0.05) is 50.7 Å². The van der Waals surface area contributed by atoms with Gasteiger partial charge in [-0.25, -0.2) is 0 Å². The van der Waals surface area contributed by atoms with E-state index < -0.39 is 6.10 Å². The van der Waals surface area contributed by atoms with E-state index in [1.165, 1.54) is 30.6 Å². The first-order valence-electron chi connectivity index (χ1n) is 9.98. The second-order valence-electron chi connectivity index (χ2n) is 8.07. The molecule has 1 aromatic carbocycles. The van der Waals surface area contributed by atoms with Crippen LogP contribution in [-0.2, 0) is 37.5 Å². The first-order chi connectivity index (χ1) is 12.5. The predicted molar refractivity (Wildman–Crippen MR) is 106 cm³/mol. The van der Waals surface area contributed by atoms with Gasteiger partial charge < -0.3 is 10.8 Å². The van der Waals surface area contributed by atoms with Crippen molar-refractivity contribution in [3.8, 4) is 0 Å². The number of carbonyl (C=O) groups is 1. The van der Waals surface area contributed by atoms with Crippen LogP contribution in [0.15, 0.2) is 35.2 Å². The Morgan fingerprint density at radius 1 is 1.26 bits per heavy atom. The third-order valence-electron chi connectivity index (χ3n) is 6.14. The normalized spacial score (nSPS) is 27.9. The zero-order valence-corrected chi connectivity index (χ0v) is 20.1. The third-order valence-corrected chi connectivity index (χ3v) is 7.34. The predicted octanol–water partition coefficient (Wildman–Crippen LogP) is 2.22. The second-order valence-corrected chi connectivity index (χ2v) is 9.17. The Hall–Kier alpha value is 0.224. The summed E-state index contributed by atoms with van der Waals surface area (Å²) in [5.41, 5.74) is 4.19. The molecule has 0 bridgehead atoms. The van der Waals surface area contributed by atoms with Gasteiger partial charge in [0.05, 0.1) is 11.8 Å². The number of hydrogen-bond donors (Lipinski definition) is 2. The van der Waals surface area contributed by atoms with Gasteiger partial charge in [0.2, 0.25) is 0 Å². The summed E-state index contributed by atoms with van der Waals surface area (Å²) < 4.78 is 0. The second kappa shape index (κ2) is 11.4. The summed E-state index contributed by atoms with van der Waals surface area (Å²) in [6.07, 6.45) is 5.66. The number of aliphatic hydroxyl groups excluding tert-OH is 1. The maximum atomic E-state index is 12.2. The minimum absolute atomic E-state index is 0. The number of quaternary nitrogens is 1. The Balaban J connectivity index is 0.00000261. The molecule has 4 nitrogen and oxygen atoms in total. The summed E-state index contributed by atoms with van der Waals surface area (Å²) in [5, 5.41) is 10.7. The van der Waals surface area contributed by atoms with Crippen molar-refractivity contribution in [3.05, 3.63) is 30.3 Å². The van der Waals surface area contributed by atoms with Gasteiger partial charge in [0.1, 0.15) is 17.9 Å². The first-order valence-corrected chi connectivity index (χ1v) is 11.0. The molecule has 1 saturated heterocycles. The van der Waals surface area contributed by atoms with E-state index in [4.69, 9.17) is 0 Å². The fourth-order valence-electron chi connectivity index (χ4n) is 4.54. The maximum absolute atomic E-state index is 12.2. The smallest absolute Gasteiger partial charge is 0.146 e. The Kier molecular flexibility index (Phi) is 9.94. The maximum Gasteiger partial charge on any atom is 0.146 e. The molecule has 5 atom stereocenters. The number of thioether (sulfide) groups is 1. The molecule has 1 radical (unpaired) electrons. The SMILES string of the molecule is CC(=O)[C@@H]1CC2CCCCC2CN1CC(O)[C@@H]([NH3+])CSc1ccccc1.[Y]. The molecule has 3 unspecified atom stereocenters. The Labute approximate surface area is 192 Å². The van der Waals surface area contributed by atoms with Crippen LogP contribution in [0.4, 0.5) is 0 Å². The van der Waals surface area contributed by atoms with Crippen molar-refractivity contribution < 1.29 is 48.3 Å². The molecule has 147 valence electrons. The quantitative estimate of drug-likeness (QED) is 0.605. The van der Waals surface area contributed by atoms with Crippen molar-refractivity contribution >= 4 is 17.5 Å². The van der Waals surface area contributed by atoms with E-state index in [0.29, 0.717) is 18.4 Å². The van der Waals surface area contributed by atoms with Crippen molar-refractivity contribution in [2.75, 3.05) is 18.8 Å². The van der Waals surface area contributed by atoms with Crippen LogP contribution in [-0.4, -0.2) is 52.8 Å². The van der Waals surface area contributed by atoms with Gasteiger partial charge >= 0.3 is 0 Å². The van der Waals surface area contributed by atoms with Crippen molar-refractivity contribution in [2.24, 2.45) is 11.8 Å². The number of piperidine rings is 1. The van der Waals surface area contributed by atoms with Gasteiger partial charge in [-0.1, -0.05) is 37.5 Å². The molecular weight excluding hydrogens is 433 g/mol. The van der Waals surface area contributed by atoms with Gasteiger partial charge in [0.25, 0.3) is 0 Å². The van der Waals surface area contributed by atoms with E-state index in [-0.39, 0.29) is 50.6 Å². The Bertz CT molecular complexity index is 589. The fraction of sp³-hybridized carbons (Fsp3) is 0.667. The molecule has 1 aliphatic heterocycles. The number of rotatable bonds is 7. The number of Topliss-reactive ketones (excluding diaryl/α,β-unsaturated/α-hetero) is 1. The molecule has 2 aliphatic rings. The van der Waals surface area contributed by atoms with Crippen molar-refractivity contribution in [1.82, 2.24) is 4.90 Å². The standard InChI is InChI=1S/C21H32N2O2S.Y/c1-15(24)20-11-16-7-5-6-8-17(16)12-23(20)13-21(25)19(22)14-26-18-9-3-2-4-10-18;/h2-4,9-10,16-17,19-21,25H,5-8,11-14,22H2,1H3;/p+1/t16?,17?,19-,20-,21?;/m0./s1. The summed E-state index contributed by atoms with van der Waals surface area (Å²) in [7, 11) is 0. The first kappa shape index (κ1) is 23.5. The molecule has 0 spiro atoms. The van der Waals surface area contributed by atoms with Gasteiger partial charge in [-0.15, -0.1) is 11.8 Å². The summed E-state index contributed by atoms with van der Waals surface area (Å²) in [6.45, 7) is 3.24. The topological polar surface area (TPSA) is 68.2 Å². The summed E-state index contributed by atoms with van der Waals surface area (Å²) >= 11 is 1.74. The average Bonchev–Trinajstić information content (AvgIpc) is 2.66. The van der Waals surface area contributed by atoms with Crippen LogP contribution < -0.4 is 5.73 Å². The van der Waals surface area contributed by atoms with Crippen LogP contribution in [0.25, 0.3) is 0 Å². The molecule has 1 aromatic rings. The zero-order chi connectivity index (χ0) is 18.5. The van der Waals surface area contributed by atoms with E-state index in [9.17, 15) is 9.90 Å². The molecular formula is C21H33N2O2SY+. The largest absolute Gasteiger partial charge is 0.386 e.